The Morgan fingerprint density at radius 2 is 1.94 bits per heavy atom. The minimum absolute atomic E-state index is 0.145. The summed E-state index contributed by atoms with van der Waals surface area (Å²) in [5, 5.41) is 0. The van der Waals surface area contributed by atoms with E-state index in [0.29, 0.717) is 0 Å². The summed E-state index contributed by atoms with van der Waals surface area (Å²) in [7, 11) is 1.57. The number of carbonyl (C=O) groups excluding carboxylic acids is 2. The van der Waals surface area contributed by atoms with E-state index < -0.39 is 24.4 Å². The number of ether oxygens (including phenoxy) is 1. The van der Waals surface area contributed by atoms with Gasteiger partial charge in [-0.2, -0.15) is 13.2 Å². The molecule has 0 N–H and O–H groups in total. The van der Waals surface area contributed by atoms with Gasteiger partial charge in [0, 0.05) is 20.1 Å². The predicted octanol–water partition coefficient (Wildman–Crippen LogP) is 1.24. The van der Waals surface area contributed by atoms with E-state index in [2.05, 4.69) is 4.74 Å². The first-order valence-electron chi connectivity index (χ1n) is 5.32. The number of likely N-dealkylation sites (N-methyl/N-ethyl adjacent to an activating group) is 1. The summed E-state index contributed by atoms with van der Waals surface area (Å²) in [5.74, 6) is -0.335. The summed E-state index contributed by atoms with van der Waals surface area (Å²) < 4.78 is 40.0. The summed E-state index contributed by atoms with van der Waals surface area (Å²) in [6, 6.07) is 0. The van der Waals surface area contributed by atoms with Gasteiger partial charge >= 0.3 is 12.3 Å². The van der Waals surface area contributed by atoms with E-state index in [1.807, 2.05) is 0 Å². The van der Waals surface area contributed by atoms with Gasteiger partial charge in [-0.15, -0.1) is 0 Å². The van der Waals surface area contributed by atoms with Crippen molar-refractivity contribution in [3.8, 4) is 0 Å². The van der Waals surface area contributed by atoms with E-state index >= 15 is 0 Å². The monoisotopic (exact) mass is 268 g/mol. The molecule has 1 rings (SSSR count). The van der Waals surface area contributed by atoms with Gasteiger partial charge in [0.25, 0.3) is 0 Å². The number of hydrogen-bond donors (Lipinski definition) is 0. The van der Waals surface area contributed by atoms with Gasteiger partial charge in [-0.25, -0.2) is 4.79 Å². The highest BCUT2D eigenvalue weighted by Gasteiger charge is 2.44. The Morgan fingerprint density at radius 3 is 2.44 bits per heavy atom. The molecule has 0 spiro atoms. The van der Waals surface area contributed by atoms with Gasteiger partial charge in [0.05, 0.1) is 0 Å². The molecule has 104 valence electrons. The number of carbonyl (C=O) groups is 2. The fourth-order valence-electron chi connectivity index (χ4n) is 1.75. The molecule has 0 aromatic rings. The summed E-state index contributed by atoms with van der Waals surface area (Å²) in [6.45, 7) is 1.71. The van der Waals surface area contributed by atoms with Gasteiger partial charge in [-0.05, 0) is 13.8 Å². The molecule has 1 aliphatic heterocycles. The molecule has 18 heavy (non-hydrogen) atoms. The number of rotatable bonds is 1. The van der Waals surface area contributed by atoms with Crippen LogP contribution in [0.1, 0.15) is 13.8 Å². The fraction of sp³-hybridized carbons (Fsp3) is 0.800. The van der Waals surface area contributed by atoms with Crippen LogP contribution in [0.15, 0.2) is 0 Å². The van der Waals surface area contributed by atoms with Crippen molar-refractivity contribution in [2.45, 2.75) is 25.6 Å². The van der Waals surface area contributed by atoms with Crippen LogP contribution in [0, 0.1) is 0 Å². The molecule has 1 fully saturated rings. The minimum Gasteiger partial charge on any atom is -0.440 e. The lowest BCUT2D eigenvalue weighted by Crippen LogP contribution is -2.63. The number of nitrogens with zero attached hydrogens (tertiary/aromatic N) is 2. The van der Waals surface area contributed by atoms with Gasteiger partial charge in [0.1, 0.15) is 5.54 Å². The smallest absolute Gasteiger partial charge is 0.422 e. The first-order valence-corrected chi connectivity index (χ1v) is 5.32. The molecule has 0 unspecified atom stereocenters. The van der Waals surface area contributed by atoms with E-state index in [1.54, 1.807) is 7.05 Å². The maximum Gasteiger partial charge on any atom is 0.422 e. The second kappa shape index (κ2) is 4.66. The standard InChI is InChI=1S/C10H15F3N2O3/c1-9(2)7(16)14(3)4-5-15(9)8(17)18-6-10(11,12)13/h4-6H2,1-3H3. The van der Waals surface area contributed by atoms with Gasteiger partial charge in [-0.3, -0.25) is 9.69 Å². The Kier molecular flexibility index (Phi) is 3.78. The third kappa shape index (κ3) is 3.05. The number of hydrogen-bond acceptors (Lipinski definition) is 3. The number of halogens is 3. The predicted molar refractivity (Wildman–Crippen MR) is 55.8 cm³/mol. The molecule has 1 aliphatic rings. The Morgan fingerprint density at radius 1 is 1.39 bits per heavy atom. The second-order valence-corrected chi connectivity index (χ2v) is 4.61. The third-order valence-corrected chi connectivity index (χ3v) is 2.78. The lowest BCUT2D eigenvalue weighted by molar-refractivity contribution is -0.166. The average Bonchev–Trinajstić information content (AvgIpc) is 2.22. The largest absolute Gasteiger partial charge is 0.440 e. The summed E-state index contributed by atoms with van der Waals surface area (Å²) in [5.41, 5.74) is -1.20. The second-order valence-electron chi connectivity index (χ2n) is 4.61. The lowest BCUT2D eigenvalue weighted by Gasteiger charge is -2.43. The Hall–Kier alpha value is -1.47. The molecule has 0 aromatic carbocycles. The Labute approximate surface area is 102 Å². The molecule has 0 bridgehead atoms. The molecule has 0 atom stereocenters. The number of piperazine rings is 1. The van der Waals surface area contributed by atoms with Crippen molar-refractivity contribution in [3.05, 3.63) is 0 Å². The van der Waals surface area contributed by atoms with Crippen LogP contribution in [-0.4, -0.2) is 60.3 Å². The summed E-state index contributed by atoms with van der Waals surface area (Å²) >= 11 is 0. The third-order valence-electron chi connectivity index (χ3n) is 2.78. The molecule has 0 saturated carbocycles. The van der Waals surface area contributed by atoms with Crippen molar-refractivity contribution in [2.24, 2.45) is 0 Å². The van der Waals surface area contributed by atoms with Crippen LogP contribution in [0.3, 0.4) is 0 Å². The van der Waals surface area contributed by atoms with E-state index in [9.17, 15) is 22.8 Å². The maximum atomic E-state index is 11.9. The highest BCUT2D eigenvalue weighted by molar-refractivity contribution is 5.90. The van der Waals surface area contributed by atoms with E-state index in [4.69, 9.17) is 0 Å². The molecule has 0 radical (unpaired) electrons. The Balaban J connectivity index is 2.71. The van der Waals surface area contributed by atoms with Gasteiger partial charge in [0.2, 0.25) is 5.91 Å². The fourth-order valence-corrected chi connectivity index (χ4v) is 1.75. The molecule has 2 amide bonds. The topological polar surface area (TPSA) is 49.9 Å². The molecule has 5 nitrogen and oxygen atoms in total. The SMILES string of the molecule is CN1CCN(C(=O)OCC(F)(F)F)C(C)(C)C1=O. The quantitative estimate of drug-likeness (QED) is 0.719. The minimum atomic E-state index is -4.57. The van der Waals surface area contributed by atoms with Crippen LogP contribution in [0.5, 0.6) is 0 Å². The van der Waals surface area contributed by atoms with Gasteiger partial charge in [0.15, 0.2) is 6.61 Å². The van der Waals surface area contributed by atoms with Crippen molar-refractivity contribution in [3.63, 3.8) is 0 Å². The lowest BCUT2D eigenvalue weighted by atomic mass is 9.98. The van der Waals surface area contributed by atoms with Gasteiger partial charge in [-0.1, -0.05) is 0 Å². The molecular formula is C10H15F3N2O3. The number of amides is 2. The van der Waals surface area contributed by atoms with Crippen molar-refractivity contribution < 1.29 is 27.5 Å². The van der Waals surface area contributed by atoms with E-state index in [-0.39, 0.29) is 19.0 Å². The summed E-state index contributed by atoms with van der Waals surface area (Å²) in [6.07, 6.45) is -5.70. The average molecular weight is 268 g/mol. The van der Waals surface area contributed by atoms with Crippen LogP contribution in [0.4, 0.5) is 18.0 Å². The maximum absolute atomic E-state index is 11.9. The van der Waals surface area contributed by atoms with Crippen LogP contribution >= 0.6 is 0 Å². The highest BCUT2D eigenvalue weighted by Crippen LogP contribution is 2.23. The van der Waals surface area contributed by atoms with Crippen LogP contribution in [0.2, 0.25) is 0 Å². The van der Waals surface area contributed by atoms with E-state index in [1.165, 1.54) is 18.7 Å². The first-order chi connectivity index (χ1) is 8.05. The first kappa shape index (κ1) is 14.6. The van der Waals surface area contributed by atoms with Crippen LogP contribution in [-0.2, 0) is 9.53 Å². The molecule has 1 heterocycles. The molecule has 1 saturated heterocycles. The number of alkyl halides is 3. The molecule has 0 aliphatic carbocycles. The zero-order chi connectivity index (χ0) is 14.1. The highest BCUT2D eigenvalue weighted by atomic mass is 19.4. The summed E-state index contributed by atoms with van der Waals surface area (Å²) in [4.78, 5) is 25.8. The Bertz CT molecular complexity index is 355. The normalized spacial score (nSPS) is 20.0. The van der Waals surface area contributed by atoms with Crippen molar-refractivity contribution in [1.82, 2.24) is 9.80 Å². The van der Waals surface area contributed by atoms with Crippen LogP contribution in [0.25, 0.3) is 0 Å². The van der Waals surface area contributed by atoms with Crippen molar-refractivity contribution in [1.29, 1.82) is 0 Å². The van der Waals surface area contributed by atoms with Gasteiger partial charge < -0.3 is 9.64 Å². The molecule has 8 heteroatoms. The molecular weight excluding hydrogens is 253 g/mol. The molecule has 0 aromatic heterocycles. The van der Waals surface area contributed by atoms with E-state index in [0.717, 1.165) is 4.90 Å². The zero-order valence-electron chi connectivity index (χ0n) is 10.4. The van der Waals surface area contributed by atoms with Crippen molar-refractivity contribution in [2.75, 3.05) is 26.7 Å². The zero-order valence-corrected chi connectivity index (χ0v) is 10.4. The van der Waals surface area contributed by atoms with Crippen molar-refractivity contribution >= 4 is 12.0 Å². The van der Waals surface area contributed by atoms with Crippen LogP contribution < -0.4 is 0 Å².